The van der Waals surface area contributed by atoms with Crippen molar-refractivity contribution in [1.29, 1.82) is 0 Å². The summed E-state index contributed by atoms with van der Waals surface area (Å²) in [6.45, 7) is 0.788. The molecule has 1 saturated heterocycles. The number of carbonyl (C=O) groups excluding carboxylic acids is 1. The summed E-state index contributed by atoms with van der Waals surface area (Å²) in [6, 6.07) is -0.0136. The molecule has 1 aliphatic heterocycles. The Morgan fingerprint density at radius 3 is 2.91 bits per heavy atom. The molecule has 11 heavy (non-hydrogen) atoms. The van der Waals surface area contributed by atoms with Crippen LogP contribution < -0.4 is 10.6 Å². The number of rotatable bonds is 0. The van der Waals surface area contributed by atoms with Crippen molar-refractivity contribution in [3.05, 3.63) is 12.2 Å². The van der Waals surface area contributed by atoms with Crippen LogP contribution in [0.25, 0.3) is 0 Å². The van der Waals surface area contributed by atoms with Crippen molar-refractivity contribution in [1.82, 2.24) is 10.6 Å². The molecule has 1 fully saturated rings. The molecule has 1 atom stereocenters. The maximum Gasteiger partial charge on any atom is 0.315 e. The minimum Gasteiger partial charge on any atom is -0.336 e. The van der Waals surface area contributed by atoms with Gasteiger partial charge in [-0.2, -0.15) is 0 Å². The first kappa shape index (κ1) is 6.70. The van der Waals surface area contributed by atoms with Crippen molar-refractivity contribution in [2.24, 2.45) is 0 Å². The topological polar surface area (TPSA) is 41.1 Å². The average Bonchev–Trinajstić information content (AvgIpc) is 2.34. The number of nitrogens with one attached hydrogen (secondary N) is 2. The first-order chi connectivity index (χ1) is 5.31. The number of urea groups is 1. The Hall–Kier alpha value is -0.990. The van der Waals surface area contributed by atoms with Crippen LogP contribution >= 0.6 is 0 Å². The minimum atomic E-state index is -0.0136. The average molecular weight is 152 g/mol. The lowest BCUT2D eigenvalue weighted by atomic mass is 9.87. The lowest BCUT2D eigenvalue weighted by Gasteiger charge is -2.28. The number of hydrogen-bond donors (Lipinski definition) is 2. The van der Waals surface area contributed by atoms with Gasteiger partial charge in [-0.15, -0.1) is 0 Å². The maximum absolute atomic E-state index is 10.9. The first-order valence-corrected chi connectivity index (χ1v) is 4.02. The van der Waals surface area contributed by atoms with Crippen molar-refractivity contribution < 1.29 is 4.79 Å². The predicted molar refractivity (Wildman–Crippen MR) is 42.3 cm³/mol. The molecule has 2 N–H and O–H groups in total. The molecule has 0 saturated carbocycles. The highest BCUT2D eigenvalue weighted by molar-refractivity contribution is 5.77. The predicted octanol–water partition coefficient (Wildman–Crippen LogP) is 0.778. The van der Waals surface area contributed by atoms with E-state index in [1.165, 1.54) is 0 Å². The molecule has 0 aromatic carbocycles. The number of carbonyl (C=O) groups is 1. The summed E-state index contributed by atoms with van der Waals surface area (Å²) < 4.78 is 0. The molecule has 1 heterocycles. The summed E-state index contributed by atoms with van der Waals surface area (Å²) in [7, 11) is 0. The molecule has 2 aliphatic rings. The number of hydrogen-bond acceptors (Lipinski definition) is 1. The molecule has 60 valence electrons. The molecule has 1 spiro atoms. The lowest BCUT2D eigenvalue weighted by Crippen LogP contribution is -2.43. The van der Waals surface area contributed by atoms with Gasteiger partial charge in [0.05, 0.1) is 5.54 Å². The maximum atomic E-state index is 10.9. The highest BCUT2D eigenvalue weighted by Crippen LogP contribution is 2.24. The Bertz CT molecular complexity index is 208. The lowest BCUT2D eigenvalue weighted by molar-refractivity contribution is 0.243. The molecule has 1 aliphatic carbocycles. The van der Waals surface area contributed by atoms with Gasteiger partial charge in [-0.05, 0) is 19.3 Å². The summed E-state index contributed by atoms with van der Waals surface area (Å²) in [5.41, 5.74) is 0.0475. The van der Waals surface area contributed by atoms with Gasteiger partial charge in [-0.1, -0.05) is 12.2 Å². The third-order valence-electron chi connectivity index (χ3n) is 2.43. The Morgan fingerprint density at radius 1 is 1.45 bits per heavy atom. The molecule has 3 heteroatoms. The third kappa shape index (κ3) is 1.11. The van der Waals surface area contributed by atoms with Crippen molar-refractivity contribution in [2.75, 3.05) is 6.54 Å². The summed E-state index contributed by atoms with van der Waals surface area (Å²) in [4.78, 5) is 10.9. The molecule has 2 rings (SSSR count). The highest BCUT2D eigenvalue weighted by Gasteiger charge is 2.36. The van der Waals surface area contributed by atoms with Crippen LogP contribution in [0.5, 0.6) is 0 Å². The number of amides is 2. The van der Waals surface area contributed by atoms with E-state index in [9.17, 15) is 4.79 Å². The largest absolute Gasteiger partial charge is 0.336 e. The van der Waals surface area contributed by atoms with Crippen LogP contribution in [0, 0.1) is 0 Å². The fourth-order valence-electron chi connectivity index (χ4n) is 1.74. The smallest absolute Gasteiger partial charge is 0.315 e. The van der Waals surface area contributed by atoms with Gasteiger partial charge in [0.1, 0.15) is 0 Å². The molecule has 0 radical (unpaired) electrons. The van der Waals surface area contributed by atoms with E-state index in [1.807, 2.05) is 0 Å². The standard InChI is InChI=1S/C8H12N2O/c11-7-9-6-8(10-7)4-2-1-3-5-8/h1-2H,3-6H2,(H2,9,10,11). The van der Waals surface area contributed by atoms with Crippen LogP contribution in [0.4, 0.5) is 4.79 Å². The summed E-state index contributed by atoms with van der Waals surface area (Å²) in [5, 5.41) is 5.76. The van der Waals surface area contributed by atoms with Gasteiger partial charge < -0.3 is 10.6 Å². The zero-order chi connectivity index (χ0) is 7.73. The van der Waals surface area contributed by atoms with Crippen molar-refractivity contribution >= 4 is 6.03 Å². The zero-order valence-corrected chi connectivity index (χ0v) is 6.39. The van der Waals surface area contributed by atoms with Crippen molar-refractivity contribution in [2.45, 2.75) is 24.8 Å². The van der Waals surface area contributed by atoms with E-state index < -0.39 is 0 Å². The summed E-state index contributed by atoms with van der Waals surface area (Å²) >= 11 is 0. The van der Waals surface area contributed by atoms with Crippen LogP contribution in [0.1, 0.15) is 19.3 Å². The van der Waals surface area contributed by atoms with Crippen LogP contribution in [-0.4, -0.2) is 18.1 Å². The first-order valence-electron chi connectivity index (χ1n) is 4.02. The Balaban J connectivity index is 2.11. The SMILES string of the molecule is O=C1NCC2(CC=CCC2)N1. The van der Waals surface area contributed by atoms with Gasteiger partial charge in [0.15, 0.2) is 0 Å². The molecule has 2 amide bonds. The monoisotopic (exact) mass is 152 g/mol. The number of allylic oxidation sites excluding steroid dienone is 1. The second-order valence-electron chi connectivity index (χ2n) is 3.30. The fourth-order valence-corrected chi connectivity index (χ4v) is 1.74. The minimum absolute atomic E-state index is 0.0136. The normalized spacial score (nSPS) is 35.5. The van der Waals surface area contributed by atoms with Gasteiger partial charge >= 0.3 is 6.03 Å². The molecule has 0 bridgehead atoms. The van der Waals surface area contributed by atoms with E-state index >= 15 is 0 Å². The van der Waals surface area contributed by atoms with Crippen LogP contribution in [-0.2, 0) is 0 Å². The van der Waals surface area contributed by atoms with E-state index in [1.54, 1.807) is 0 Å². The summed E-state index contributed by atoms with van der Waals surface area (Å²) in [6.07, 6.45) is 7.46. The van der Waals surface area contributed by atoms with Gasteiger partial charge in [0.2, 0.25) is 0 Å². The van der Waals surface area contributed by atoms with Crippen LogP contribution in [0.15, 0.2) is 12.2 Å². The Morgan fingerprint density at radius 2 is 2.36 bits per heavy atom. The van der Waals surface area contributed by atoms with Crippen molar-refractivity contribution in [3.63, 3.8) is 0 Å². The third-order valence-corrected chi connectivity index (χ3v) is 2.43. The van der Waals surface area contributed by atoms with Gasteiger partial charge in [0, 0.05) is 6.54 Å². The van der Waals surface area contributed by atoms with Crippen LogP contribution in [0.2, 0.25) is 0 Å². The van der Waals surface area contributed by atoms with E-state index in [2.05, 4.69) is 22.8 Å². The molecule has 3 nitrogen and oxygen atoms in total. The van der Waals surface area contributed by atoms with Gasteiger partial charge in [-0.3, -0.25) is 0 Å². The molecule has 0 aromatic rings. The fraction of sp³-hybridized carbons (Fsp3) is 0.625. The highest BCUT2D eigenvalue weighted by atomic mass is 16.2. The quantitative estimate of drug-likeness (QED) is 0.495. The van der Waals surface area contributed by atoms with E-state index in [4.69, 9.17) is 0 Å². The summed E-state index contributed by atoms with van der Waals surface area (Å²) in [5.74, 6) is 0. The molecular formula is C8H12N2O. The second kappa shape index (κ2) is 2.26. The molecular weight excluding hydrogens is 140 g/mol. The van der Waals surface area contributed by atoms with E-state index in [0.29, 0.717) is 0 Å². The van der Waals surface area contributed by atoms with Crippen LogP contribution in [0.3, 0.4) is 0 Å². The Kier molecular flexibility index (Phi) is 1.37. The zero-order valence-electron chi connectivity index (χ0n) is 6.39. The van der Waals surface area contributed by atoms with Crippen molar-refractivity contribution in [3.8, 4) is 0 Å². The van der Waals surface area contributed by atoms with E-state index in [0.717, 1.165) is 25.8 Å². The van der Waals surface area contributed by atoms with Gasteiger partial charge in [0.25, 0.3) is 0 Å². The second-order valence-corrected chi connectivity index (χ2v) is 3.30. The van der Waals surface area contributed by atoms with Gasteiger partial charge in [-0.25, -0.2) is 4.79 Å². The van der Waals surface area contributed by atoms with E-state index in [-0.39, 0.29) is 11.6 Å². The molecule has 0 aromatic heterocycles. The molecule has 1 unspecified atom stereocenters. The Labute approximate surface area is 65.9 Å².